The summed E-state index contributed by atoms with van der Waals surface area (Å²) < 4.78 is 14.1. The molecule has 7 heteroatoms. The molecule has 3 aromatic rings. The Morgan fingerprint density at radius 3 is 2.58 bits per heavy atom. The lowest BCUT2D eigenvalue weighted by atomic mass is 10.1. The topological polar surface area (TPSA) is 78.5 Å². The van der Waals surface area contributed by atoms with Crippen molar-refractivity contribution < 1.29 is 18.8 Å². The molecule has 1 aliphatic heterocycles. The number of amides is 3. The number of hydrogen-bond acceptors (Lipinski definition) is 3. The van der Waals surface area contributed by atoms with E-state index in [1.807, 2.05) is 30.3 Å². The summed E-state index contributed by atoms with van der Waals surface area (Å²) in [6, 6.07) is 17.4. The molecule has 3 aromatic carbocycles. The van der Waals surface area contributed by atoms with Crippen LogP contribution in [0.2, 0.25) is 0 Å². The summed E-state index contributed by atoms with van der Waals surface area (Å²) in [6.07, 6.45) is 1.22. The summed E-state index contributed by atoms with van der Waals surface area (Å²) in [7, 11) is 0. The maximum atomic E-state index is 14.1. The van der Waals surface area contributed by atoms with Gasteiger partial charge in [0.2, 0.25) is 11.8 Å². The Morgan fingerprint density at radius 1 is 1.00 bits per heavy atom. The second-order valence-electron chi connectivity index (χ2n) is 7.43. The molecule has 4 rings (SSSR count). The fourth-order valence-electron chi connectivity index (χ4n) is 3.63. The molecule has 0 aromatic heterocycles. The van der Waals surface area contributed by atoms with Crippen molar-refractivity contribution in [2.75, 3.05) is 23.3 Å². The van der Waals surface area contributed by atoms with E-state index in [2.05, 4.69) is 10.6 Å². The van der Waals surface area contributed by atoms with E-state index in [1.165, 1.54) is 18.2 Å². The molecule has 0 bridgehead atoms. The van der Waals surface area contributed by atoms with E-state index in [9.17, 15) is 18.8 Å². The first-order valence-electron chi connectivity index (χ1n) is 10.2. The minimum Gasteiger partial charge on any atom is -0.352 e. The third-order valence-electron chi connectivity index (χ3n) is 5.26. The molecule has 6 nitrogen and oxygen atoms in total. The highest BCUT2D eigenvalue weighted by atomic mass is 19.1. The number of carbonyl (C=O) groups is 3. The Morgan fingerprint density at radius 2 is 1.81 bits per heavy atom. The van der Waals surface area contributed by atoms with Crippen LogP contribution < -0.4 is 15.5 Å². The number of anilines is 2. The fraction of sp³-hybridized carbons (Fsp3) is 0.208. The van der Waals surface area contributed by atoms with E-state index in [0.717, 1.165) is 17.2 Å². The lowest BCUT2D eigenvalue weighted by Gasteiger charge is -2.17. The minimum atomic E-state index is -0.580. The highest BCUT2D eigenvalue weighted by Crippen LogP contribution is 2.26. The van der Waals surface area contributed by atoms with Crippen molar-refractivity contribution in [1.82, 2.24) is 5.32 Å². The number of hydrogen-bond donors (Lipinski definition) is 2. The zero-order valence-electron chi connectivity index (χ0n) is 16.9. The minimum absolute atomic E-state index is 0.00830. The van der Waals surface area contributed by atoms with E-state index in [1.54, 1.807) is 17.0 Å². The molecule has 0 unspecified atom stereocenters. The molecular weight excluding hydrogens is 397 g/mol. The summed E-state index contributed by atoms with van der Waals surface area (Å²) in [5.74, 6) is -1.30. The number of nitrogens with one attached hydrogen (secondary N) is 2. The van der Waals surface area contributed by atoms with Crippen molar-refractivity contribution >= 4 is 39.9 Å². The van der Waals surface area contributed by atoms with Gasteiger partial charge in [-0.2, -0.15) is 0 Å². The van der Waals surface area contributed by atoms with Crippen LogP contribution >= 0.6 is 0 Å². The van der Waals surface area contributed by atoms with Gasteiger partial charge in [0.05, 0.1) is 5.69 Å². The predicted molar refractivity (Wildman–Crippen MR) is 118 cm³/mol. The van der Waals surface area contributed by atoms with E-state index >= 15 is 0 Å². The van der Waals surface area contributed by atoms with Crippen LogP contribution in [0.15, 0.2) is 60.7 Å². The van der Waals surface area contributed by atoms with Gasteiger partial charge in [-0.15, -0.1) is 0 Å². The maximum Gasteiger partial charge on any atom is 0.251 e. The molecule has 158 valence electrons. The van der Waals surface area contributed by atoms with Gasteiger partial charge in [-0.1, -0.05) is 30.3 Å². The highest BCUT2D eigenvalue weighted by molar-refractivity contribution is 5.99. The number of halogens is 1. The Bertz CT molecular complexity index is 1160. The van der Waals surface area contributed by atoms with E-state index in [-0.39, 0.29) is 30.5 Å². The smallest absolute Gasteiger partial charge is 0.251 e. The third-order valence-corrected chi connectivity index (χ3v) is 5.26. The van der Waals surface area contributed by atoms with Gasteiger partial charge in [-0.3, -0.25) is 14.4 Å². The van der Waals surface area contributed by atoms with Crippen LogP contribution in [0.4, 0.5) is 15.8 Å². The maximum absolute atomic E-state index is 14.1. The van der Waals surface area contributed by atoms with Crippen LogP contribution in [0.25, 0.3) is 10.8 Å². The van der Waals surface area contributed by atoms with Crippen molar-refractivity contribution in [1.29, 1.82) is 0 Å². The fourth-order valence-corrected chi connectivity index (χ4v) is 3.63. The van der Waals surface area contributed by atoms with Gasteiger partial charge in [0, 0.05) is 37.2 Å². The number of rotatable bonds is 6. The molecule has 1 saturated heterocycles. The quantitative estimate of drug-likeness (QED) is 0.637. The van der Waals surface area contributed by atoms with Crippen LogP contribution in [0.5, 0.6) is 0 Å². The molecule has 0 radical (unpaired) electrons. The lowest BCUT2D eigenvalue weighted by Crippen LogP contribution is -2.28. The van der Waals surface area contributed by atoms with E-state index in [4.69, 9.17) is 0 Å². The molecule has 1 heterocycles. The standard InChI is InChI=1S/C24H22FN3O3/c25-20-10-9-19(28-13-3-6-23(28)30)15-21(20)27-22(29)11-12-26-24(31)18-8-7-16-4-1-2-5-17(16)14-18/h1-2,4-5,7-10,14-15H,3,6,11-13H2,(H,26,31)(H,27,29). The second kappa shape index (κ2) is 8.95. The van der Waals surface area contributed by atoms with Gasteiger partial charge in [-0.05, 0) is 47.5 Å². The number of fused-ring (bicyclic) bond motifs is 1. The lowest BCUT2D eigenvalue weighted by molar-refractivity contribution is -0.117. The molecule has 31 heavy (non-hydrogen) atoms. The van der Waals surface area contributed by atoms with Gasteiger partial charge >= 0.3 is 0 Å². The average Bonchev–Trinajstić information content (AvgIpc) is 3.20. The van der Waals surface area contributed by atoms with E-state index in [0.29, 0.717) is 24.2 Å². The first-order valence-corrected chi connectivity index (χ1v) is 10.2. The first kappa shape index (κ1) is 20.5. The van der Waals surface area contributed by atoms with Crippen LogP contribution in [0.1, 0.15) is 29.6 Å². The van der Waals surface area contributed by atoms with Crippen LogP contribution in [0, 0.1) is 5.82 Å². The van der Waals surface area contributed by atoms with Gasteiger partial charge in [0.15, 0.2) is 0 Å². The van der Waals surface area contributed by atoms with Crippen LogP contribution in [-0.2, 0) is 9.59 Å². The Hall–Kier alpha value is -3.74. The summed E-state index contributed by atoms with van der Waals surface area (Å²) in [6.45, 7) is 0.696. The SMILES string of the molecule is O=C(CCNC(=O)c1ccc2ccccc2c1)Nc1cc(N2CCCC2=O)ccc1F. The van der Waals surface area contributed by atoms with Crippen molar-refractivity contribution in [3.05, 3.63) is 72.0 Å². The van der Waals surface area contributed by atoms with Crippen molar-refractivity contribution in [2.24, 2.45) is 0 Å². The normalized spacial score (nSPS) is 13.5. The van der Waals surface area contributed by atoms with Crippen molar-refractivity contribution in [2.45, 2.75) is 19.3 Å². The molecular formula is C24H22FN3O3. The third kappa shape index (κ3) is 4.71. The van der Waals surface area contributed by atoms with Crippen molar-refractivity contribution in [3.8, 4) is 0 Å². The Labute approximate surface area is 179 Å². The van der Waals surface area contributed by atoms with Crippen LogP contribution in [0.3, 0.4) is 0 Å². The average molecular weight is 419 g/mol. The molecule has 1 fully saturated rings. The molecule has 3 amide bonds. The molecule has 1 aliphatic rings. The zero-order valence-corrected chi connectivity index (χ0v) is 16.9. The summed E-state index contributed by atoms with van der Waals surface area (Å²) in [4.78, 5) is 38.1. The molecule has 0 spiro atoms. The number of nitrogens with zero attached hydrogens (tertiary/aromatic N) is 1. The van der Waals surface area contributed by atoms with E-state index < -0.39 is 11.7 Å². The predicted octanol–water partition coefficient (Wildman–Crippen LogP) is 3.86. The van der Waals surface area contributed by atoms with Gasteiger partial charge in [0.25, 0.3) is 5.91 Å². The Kier molecular flexibility index (Phi) is 5.93. The second-order valence-corrected chi connectivity index (χ2v) is 7.43. The largest absolute Gasteiger partial charge is 0.352 e. The first-order chi connectivity index (χ1) is 15.0. The Balaban J connectivity index is 1.32. The van der Waals surface area contributed by atoms with Gasteiger partial charge < -0.3 is 15.5 Å². The summed E-state index contributed by atoms with van der Waals surface area (Å²) in [5, 5.41) is 7.23. The summed E-state index contributed by atoms with van der Waals surface area (Å²) >= 11 is 0. The highest BCUT2D eigenvalue weighted by Gasteiger charge is 2.22. The molecule has 0 aliphatic carbocycles. The van der Waals surface area contributed by atoms with Crippen LogP contribution in [-0.4, -0.2) is 30.8 Å². The van der Waals surface area contributed by atoms with Crippen molar-refractivity contribution in [3.63, 3.8) is 0 Å². The molecule has 2 N–H and O–H groups in total. The van der Waals surface area contributed by atoms with Gasteiger partial charge in [-0.25, -0.2) is 4.39 Å². The zero-order chi connectivity index (χ0) is 21.8. The van der Waals surface area contributed by atoms with Gasteiger partial charge in [0.1, 0.15) is 5.82 Å². The monoisotopic (exact) mass is 419 g/mol. The number of benzene rings is 3. The molecule has 0 atom stereocenters. The summed E-state index contributed by atoms with van der Waals surface area (Å²) in [5.41, 5.74) is 1.08. The molecule has 0 saturated carbocycles. The number of carbonyl (C=O) groups excluding carboxylic acids is 3.